The van der Waals surface area contributed by atoms with E-state index in [0.717, 1.165) is 10.8 Å². The fraction of sp³-hybridized carbons (Fsp3) is 0.0500. The van der Waals surface area contributed by atoms with E-state index >= 15 is 0 Å². The van der Waals surface area contributed by atoms with E-state index in [1.165, 1.54) is 19.2 Å². The normalized spacial score (nSPS) is 11.6. The van der Waals surface area contributed by atoms with Crippen LogP contribution in [-0.4, -0.2) is 21.4 Å². The van der Waals surface area contributed by atoms with Gasteiger partial charge in [-0.2, -0.15) is 0 Å². The fourth-order valence-corrected chi connectivity index (χ4v) is 3.80. The van der Waals surface area contributed by atoms with Crippen molar-refractivity contribution in [2.24, 2.45) is 0 Å². The number of benzene rings is 3. The molecule has 0 spiro atoms. The molecule has 1 amide bonds. The summed E-state index contributed by atoms with van der Waals surface area (Å²) < 4.78 is 35.5. The molecule has 0 unspecified atom stereocenters. The molecule has 0 radical (unpaired) electrons. The van der Waals surface area contributed by atoms with Gasteiger partial charge in [0.1, 0.15) is 5.58 Å². The number of sulfonamides is 1. The number of fused-ring (bicyclic) bond motifs is 2. The number of carbonyl (C=O) groups is 1. The SMILES string of the molecule is COc1c(C(=O)NNS(=O)(=O)c2ccccc2)oc2cc3ccccc3cc12. The van der Waals surface area contributed by atoms with E-state index < -0.39 is 15.9 Å². The van der Waals surface area contributed by atoms with Crippen molar-refractivity contribution in [1.29, 1.82) is 0 Å². The Hall–Kier alpha value is -3.36. The van der Waals surface area contributed by atoms with Gasteiger partial charge in [0, 0.05) is 0 Å². The molecule has 0 aliphatic heterocycles. The molecule has 2 N–H and O–H groups in total. The zero-order valence-electron chi connectivity index (χ0n) is 14.8. The second kappa shape index (κ2) is 6.99. The van der Waals surface area contributed by atoms with Gasteiger partial charge in [-0.15, -0.1) is 4.83 Å². The maximum atomic E-state index is 12.6. The van der Waals surface area contributed by atoms with Crippen molar-refractivity contribution in [3.63, 3.8) is 0 Å². The summed E-state index contributed by atoms with van der Waals surface area (Å²) in [5, 5.41) is 2.53. The van der Waals surface area contributed by atoms with Crippen LogP contribution in [0.25, 0.3) is 21.7 Å². The van der Waals surface area contributed by atoms with Gasteiger partial charge in [-0.1, -0.05) is 42.5 Å². The van der Waals surface area contributed by atoms with Crippen molar-refractivity contribution in [3.8, 4) is 5.75 Å². The first kappa shape index (κ1) is 18.0. The minimum Gasteiger partial charge on any atom is -0.492 e. The molecule has 1 aromatic heterocycles. The number of ether oxygens (including phenoxy) is 1. The summed E-state index contributed by atoms with van der Waals surface area (Å²) in [7, 11) is -2.49. The van der Waals surface area contributed by atoms with E-state index in [1.807, 2.05) is 30.3 Å². The standard InChI is InChI=1S/C20H16N2O5S/c1-26-18-16-11-13-7-5-6-8-14(13)12-17(16)27-19(18)20(23)21-22-28(24,25)15-9-3-2-4-10-15/h2-12,22H,1H3,(H,21,23). The summed E-state index contributed by atoms with van der Waals surface area (Å²) in [6.07, 6.45) is 0. The van der Waals surface area contributed by atoms with Crippen LogP contribution in [0.1, 0.15) is 10.6 Å². The highest BCUT2D eigenvalue weighted by Gasteiger charge is 2.24. The van der Waals surface area contributed by atoms with E-state index in [-0.39, 0.29) is 16.4 Å². The monoisotopic (exact) mass is 396 g/mol. The van der Waals surface area contributed by atoms with Gasteiger partial charge in [0.15, 0.2) is 5.75 Å². The van der Waals surface area contributed by atoms with Gasteiger partial charge < -0.3 is 9.15 Å². The summed E-state index contributed by atoms with van der Waals surface area (Å²) >= 11 is 0. The zero-order chi connectivity index (χ0) is 19.7. The lowest BCUT2D eigenvalue weighted by molar-refractivity contribution is 0.0915. The third kappa shape index (κ3) is 3.19. The first-order valence-corrected chi connectivity index (χ1v) is 9.84. The lowest BCUT2D eigenvalue weighted by atomic mass is 10.1. The molecule has 0 bridgehead atoms. The third-order valence-corrected chi connectivity index (χ3v) is 5.54. The number of hydrogen-bond acceptors (Lipinski definition) is 5. The molecule has 0 saturated heterocycles. The minimum absolute atomic E-state index is 0.0260. The molecule has 0 aliphatic carbocycles. The van der Waals surface area contributed by atoms with Crippen LogP contribution in [0.5, 0.6) is 5.75 Å². The second-order valence-electron chi connectivity index (χ2n) is 6.03. The molecule has 142 valence electrons. The van der Waals surface area contributed by atoms with Crippen LogP contribution in [0.3, 0.4) is 0 Å². The van der Waals surface area contributed by atoms with Crippen LogP contribution in [0.2, 0.25) is 0 Å². The minimum atomic E-state index is -3.91. The van der Waals surface area contributed by atoms with E-state index in [4.69, 9.17) is 9.15 Å². The Balaban J connectivity index is 1.66. The highest BCUT2D eigenvalue weighted by atomic mass is 32.2. The lowest BCUT2D eigenvalue weighted by Crippen LogP contribution is -2.41. The smallest absolute Gasteiger partial charge is 0.305 e. The summed E-state index contributed by atoms with van der Waals surface area (Å²) in [5.74, 6) is -0.655. The van der Waals surface area contributed by atoms with Gasteiger partial charge in [0.25, 0.3) is 10.0 Å². The molecular formula is C20H16N2O5S. The third-order valence-electron chi connectivity index (χ3n) is 4.27. The van der Waals surface area contributed by atoms with Gasteiger partial charge in [-0.25, -0.2) is 8.42 Å². The van der Waals surface area contributed by atoms with Crippen LogP contribution < -0.4 is 15.0 Å². The lowest BCUT2D eigenvalue weighted by Gasteiger charge is -2.07. The van der Waals surface area contributed by atoms with E-state index in [9.17, 15) is 13.2 Å². The Kier molecular flexibility index (Phi) is 4.50. The Morgan fingerprint density at radius 2 is 1.61 bits per heavy atom. The number of hydrazine groups is 1. The zero-order valence-corrected chi connectivity index (χ0v) is 15.6. The largest absolute Gasteiger partial charge is 0.492 e. The number of methoxy groups -OCH3 is 1. The Morgan fingerprint density at radius 3 is 2.29 bits per heavy atom. The van der Waals surface area contributed by atoms with E-state index in [0.29, 0.717) is 11.0 Å². The van der Waals surface area contributed by atoms with E-state index in [2.05, 4.69) is 10.3 Å². The van der Waals surface area contributed by atoms with Crippen LogP contribution >= 0.6 is 0 Å². The number of nitrogens with one attached hydrogen (secondary N) is 2. The number of rotatable bonds is 5. The number of amides is 1. The Labute approximate surface area is 160 Å². The number of furan rings is 1. The maximum absolute atomic E-state index is 12.6. The number of hydrogen-bond donors (Lipinski definition) is 2. The summed E-state index contributed by atoms with van der Waals surface area (Å²) in [5.41, 5.74) is 2.63. The molecule has 0 aliphatic rings. The highest BCUT2D eigenvalue weighted by molar-refractivity contribution is 7.89. The molecular weight excluding hydrogens is 380 g/mol. The molecule has 1 heterocycles. The molecule has 3 aromatic carbocycles. The topological polar surface area (TPSA) is 97.6 Å². The summed E-state index contributed by atoms with van der Waals surface area (Å²) in [6.45, 7) is 0. The second-order valence-corrected chi connectivity index (χ2v) is 7.72. The quantitative estimate of drug-likeness (QED) is 0.505. The Morgan fingerprint density at radius 1 is 0.964 bits per heavy atom. The first-order chi connectivity index (χ1) is 13.5. The fourth-order valence-electron chi connectivity index (χ4n) is 2.94. The van der Waals surface area contributed by atoms with Crippen LogP contribution in [0.4, 0.5) is 0 Å². The molecule has 7 nitrogen and oxygen atoms in total. The predicted octanol–water partition coefficient (Wildman–Crippen LogP) is 3.22. The summed E-state index contributed by atoms with van der Waals surface area (Å²) in [4.78, 5) is 14.6. The van der Waals surface area contributed by atoms with Crippen molar-refractivity contribution in [3.05, 3.63) is 72.5 Å². The molecule has 28 heavy (non-hydrogen) atoms. The molecule has 4 aromatic rings. The van der Waals surface area contributed by atoms with Gasteiger partial charge in [-0.05, 0) is 35.0 Å². The maximum Gasteiger partial charge on any atom is 0.305 e. The average Bonchev–Trinajstić information content (AvgIpc) is 3.08. The van der Waals surface area contributed by atoms with Crippen molar-refractivity contribution in [1.82, 2.24) is 10.3 Å². The molecule has 0 fully saturated rings. The first-order valence-electron chi connectivity index (χ1n) is 8.36. The van der Waals surface area contributed by atoms with Crippen molar-refractivity contribution < 1.29 is 22.4 Å². The number of carbonyl (C=O) groups excluding carboxylic acids is 1. The molecule has 8 heteroatoms. The predicted molar refractivity (Wildman–Crippen MR) is 105 cm³/mol. The Bertz CT molecular complexity index is 1280. The van der Waals surface area contributed by atoms with Gasteiger partial charge in [0.2, 0.25) is 5.76 Å². The van der Waals surface area contributed by atoms with Crippen molar-refractivity contribution in [2.45, 2.75) is 4.90 Å². The van der Waals surface area contributed by atoms with Crippen molar-refractivity contribution >= 4 is 37.7 Å². The molecule has 0 saturated carbocycles. The molecule has 4 rings (SSSR count). The summed E-state index contributed by atoms with van der Waals surface area (Å²) in [6, 6.07) is 19.0. The van der Waals surface area contributed by atoms with Crippen LogP contribution in [-0.2, 0) is 10.0 Å². The van der Waals surface area contributed by atoms with Gasteiger partial charge >= 0.3 is 5.91 Å². The highest BCUT2D eigenvalue weighted by Crippen LogP contribution is 2.35. The van der Waals surface area contributed by atoms with Crippen LogP contribution in [0, 0.1) is 0 Å². The average molecular weight is 396 g/mol. The van der Waals surface area contributed by atoms with E-state index in [1.54, 1.807) is 24.3 Å². The van der Waals surface area contributed by atoms with Gasteiger partial charge in [0.05, 0.1) is 17.4 Å². The van der Waals surface area contributed by atoms with Gasteiger partial charge in [-0.3, -0.25) is 10.2 Å². The van der Waals surface area contributed by atoms with Crippen molar-refractivity contribution in [2.75, 3.05) is 7.11 Å². The van der Waals surface area contributed by atoms with Crippen LogP contribution in [0.15, 0.2) is 76.0 Å². The molecule has 0 atom stereocenters.